The molecule has 18 heavy (non-hydrogen) atoms. The van der Waals surface area contributed by atoms with E-state index in [0.29, 0.717) is 13.2 Å². The van der Waals surface area contributed by atoms with Gasteiger partial charge >= 0.3 is 0 Å². The third-order valence-corrected chi connectivity index (χ3v) is 2.80. The molecule has 0 saturated heterocycles. The van der Waals surface area contributed by atoms with Gasteiger partial charge in [-0.1, -0.05) is 24.8 Å². The molecule has 0 radical (unpaired) electrons. The normalized spacial score (nSPS) is 12.2. The minimum atomic E-state index is -0.316. The molecular formula is C14H20N2O2. The molecule has 1 aromatic rings. The summed E-state index contributed by atoms with van der Waals surface area (Å²) in [6.45, 7) is 6.56. The summed E-state index contributed by atoms with van der Waals surface area (Å²) >= 11 is 0. The number of likely N-dealkylation sites (N-methyl/N-ethyl adjacent to an activating group) is 1. The smallest absolute Gasteiger partial charge is 0.234 e. The zero-order valence-corrected chi connectivity index (χ0v) is 10.9. The highest BCUT2D eigenvalue weighted by Gasteiger charge is 2.14. The topological polar surface area (TPSA) is 55.6 Å². The average Bonchev–Trinajstić information content (AvgIpc) is 2.36. The summed E-state index contributed by atoms with van der Waals surface area (Å²) in [5.41, 5.74) is 6.37. The summed E-state index contributed by atoms with van der Waals surface area (Å²) in [6.07, 6.45) is 1.70. The Labute approximate surface area is 108 Å². The minimum Gasteiger partial charge on any atom is -0.490 e. The summed E-state index contributed by atoms with van der Waals surface area (Å²) in [7, 11) is 1.87. The van der Waals surface area contributed by atoms with Crippen molar-refractivity contribution in [3.05, 3.63) is 42.5 Å². The lowest BCUT2D eigenvalue weighted by Gasteiger charge is -2.21. The molecule has 0 fully saturated rings. The van der Waals surface area contributed by atoms with Crippen LogP contribution < -0.4 is 10.5 Å². The van der Waals surface area contributed by atoms with Crippen LogP contribution in [0.4, 0.5) is 0 Å². The quantitative estimate of drug-likeness (QED) is 0.745. The maximum Gasteiger partial charge on any atom is 0.234 e. The van der Waals surface area contributed by atoms with Crippen molar-refractivity contribution in [2.75, 3.05) is 13.7 Å². The van der Waals surface area contributed by atoms with Crippen LogP contribution in [0.15, 0.2) is 36.9 Å². The van der Waals surface area contributed by atoms with Crippen LogP contribution in [-0.2, 0) is 11.3 Å². The van der Waals surface area contributed by atoms with Gasteiger partial charge in [-0.3, -0.25) is 9.69 Å². The number of carbonyl (C=O) groups excluding carboxylic acids is 1. The molecule has 0 saturated carbocycles. The van der Waals surface area contributed by atoms with E-state index in [-0.39, 0.29) is 11.9 Å². The van der Waals surface area contributed by atoms with Crippen molar-refractivity contribution in [1.29, 1.82) is 0 Å². The zero-order valence-electron chi connectivity index (χ0n) is 10.9. The third-order valence-electron chi connectivity index (χ3n) is 2.80. The molecule has 0 bridgehead atoms. The average molecular weight is 248 g/mol. The Hall–Kier alpha value is -1.81. The first-order chi connectivity index (χ1) is 8.54. The van der Waals surface area contributed by atoms with Crippen LogP contribution in [0.1, 0.15) is 12.5 Å². The van der Waals surface area contributed by atoms with Crippen molar-refractivity contribution in [2.24, 2.45) is 5.73 Å². The number of nitrogens with two attached hydrogens (primary N) is 1. The molecule has 4 heteroatoms. The van der Waals surface area contributed by atoms with Crippen molar-refractivity contribution in [3.8, 4) is 5.75 Å². The SMILES string of the molecule is C=CCOc1ccc(CN(C)[C@H](C)C(N)=O)cc1. The number of benzene rings is 1. The maximum atomic E-state index is 11.1. The van der Waals surface area contributed by atoms with Gasteiger partial charge in [-0.25, -0.2) is 0 Å². The van der Waals surface area contributed by atoms with Crippen LogP contribution >= 0.6 is 0 Å². The highest BCUT2D eigenvalue weighted by atomic mass is 16.5. The molecule has 0 aliphatic rings. The van der Waals surface area contributed by atoms with Crippen molar-refractivity contribution in [2.45, 2.75) is 19.5 Å². The summed E-state index contributed by atoms with van der Waals surface area (Å²) in [5.74, 6) is 0.493. The molecule has 1 amide bonds. The van der Waals surface area contributed by atoms with E-state index in [9.17, 15) is 4.79 Å². The van der Waals surface area contributed by atoms with Gasteiger partial charge in [0.1, 0.15) is 12.4 Å². The number of primary amides is 1. The summed E-state index contributed by atoms with van der Waals surface area (Å²) in [6, 6.07) is 7.48. The number of hydrogen-bond acceptors (Lipinski definition) is 3. The van der Waals surface area contributed by atoms with E-state index in [2.05, 4.69) is 6.58 Å². The van der Waals surface area contributed by atoms with E-state index in [1.165, 1.54) is 0 Å². The number of rotatable bonds is 7. The van der Waals surface area contributed by atoms with E-state index >= 15 is 0 Å². The van der Waals surface area contributed by atoms with Gasteiger partial charge < -0.3 is 10.5 Å². The monoisotopic (exact) mass is 248 g/mol. The second-order valence-electron chi connectivity index (χ2n) is 4.24. The molecule has 0 spiro atoms. The standard InChI is InChI=1S/C14H20N2O2/c1-4-9-18-13-7-5-12(6-8-13)10-16(3)11(2)14(15)17/h4-8,11H,1,9-10H2,2-3H3,(H2,15,17)/t11-/m1/s1. The first-order valence-corrected chi connectivity index (χ1v) is 5.86. The predicted octanol–water partition coefficient (Wildman–Crippen LogP) is 1.56. The molecule has 1 aromatic carbocycles. The fourth-order valence-electron chi connectivity index (χ4n) is 1.49. The molecule has 4 nitrogen and oxygen atoms in total. The van der Waals surface area contributed by atoms with Gasteiger partial charge in [-0.05, 0) is 31.7 Å². The van der Waals surface area contributed by atoms with Crippen LogP contribution in [0.25, 0.3) is 0 Å². The van der Waals surface area contributed by atoms with Crippen LogP contribution in [-0.4, -0.2) is 30.5 Å². The van der Waals surface area contributed by atoms with Crippen LogP contribution in [0.5, 0.6) is 5.75 Å². The molecule has 2 N–H and O–H groups in total. The first-order valence-electron chi connectivity index (χ1n) is 5.86. The molecule has 0 aliphatic carbocycles. The lowest BCUT2D eigenvalue weighted by Crippen LogP contribution is -2.39. The predicted molar refractivity (Wildman–Crippen MR) is 72.3 cm³/mol. The Morgan fingerprint density at radius 2 is 2.11 bits per heavy atom. The summed E-state index contributed by atoms with van der Waals surface area (Å²) in [5, 5.41) is 0. The number of hydrogen-bond donors (Lipinski definition) is 1. The van der Waals surface area contributed by atoms with Crippen LogP contribution in [0, 0.1) is 0 Å². The number of nitrogens with zero attached hydrogens (tertiary/aromatic N) is 1. The number of ether oxygens (including phenoxy) is 1. The van der Waals surface area contributed by atoms with Gasteiger partial charge in [-0.15, -0.1) is 0 Å². The fraction of sp³-hybridized carbons (Fsp3) is 0.357. The minimum absolute atomic E-state index is 0.276. The van der Waals surface area contributed by atoms with E-state index in [1.54, 1.807) is 13.0 Å². The van der Waals surface area contributed by atoms with Gasteiger partial charge in [0.15, 0.2) is 0 Å². The Morgan fingerprint density at radius 1 is 1.50 bits per heavy atom. The van der Waals surface area contributed by atoms with E-state index in [4.69, 9.17) is 10.5 Å². The van der Waals surface area contributed by atoms with E-state index in [0.717, 1.165) is 11.3 Å². The maximum absolute atomic E-state index is 11.1. The van der Waals surface area contributed by atoms with Gasteiger partial charge in [0, 0.05) is 6.54 Å². The third kappa shape index (κ3) is 4.22. The summed E-state index contributed by atoms with van der Waals surface area (Å²) in [4.78, 5) is 13.0. The Bertz CT molecular complexity index is 401. The van der Waals surface area contributed by atoms with Gasteiger partial charge in [-0.2, -0.15) is 0 Å². The van der Waals surface area contributed by atoms with Crippen molar-refractivity contribution in [1.82, 2.24) is 4.90 Å². The molecule has 1 rings (SSSR count). The number of amides is 1. The Kier molecular flexibility index (Phi) is 5.39. The largest absolute Gasteiger partial charge is 0.490 e. The highest BCUT2D eigenvalue weighted by Crippen LogP contribution is 2.14. The van der Waals surface area contributed by atoms with Crippen molar-refractivity contribution in [3.63, 3.8) is 0 Å². The molecule has 0 heterocycles. The Morgan fingerprint density at radius 3 is 2.61 bits per heavy atom. The molecule has 98 valence electrons. The van der Waals surface area contributed by atoms with E-state index in [1.807, 2.05) is 36.2 Å². The van der Waals surface area contributed by atoms with Crippen molar-refractivity contribution >= 4 is 5.91 Å². The van der Waals surface area contributed by atoms with Crippen LogP contribution in [0.2, 0.25) is 0 Å². The lowest BCUT2D eigenvalue weighted by molar-refractivity contribution is -0.122. The molecule has 0 aliphatic heterocycles. The van der Waals surface area contributed by atoms with Gasteiger partial charge in [0.05, 0.1) is 6.04 Å². The second-order valence-corrected chi connectivity index (χ2v) is 4.24. The van der Waals surface area contributed by atoms with Gasteiger partial charge in [0.2, 0.25) is 5.91 Å². The number of carbonyl (C=O) groups is 1. The van der Waals surface area contributed by atoms with E-state index < -0.39 is 0 Å². The van der Waals surface area contributed by atoms with Crippen molar-refractivity contribution < 1.29 is 9.53 Å². The van der Waals surface area contributed by atoms with Crippen LogP contribution in [0.3, 0.4) is 0 Å². The second kappa shape index (κ2) is 6.81. The summed E-state index contributed by atoms with van der Waals surface area (Å²) < 4.78 is 5.40. The Balaban J connectivity index is 2.57. The lowest BCUT2D eigenvalue weighted by atomic mass is 10.2. The molecule has 0 aromatic heterocycles. The molecular weight excluding hydrogens is 228 g/mol. The first kappa shape index (κ1) is 14.3. The zero-order chi connectivity index (χ0) is 13.5. The van der Waals surface area contributed by atoms with Gasteiger partial charge in [0.25, 0.3) is 0 Å². The fourth-order valence-corrected chi connectivity index (χ4v) is 1.49. The highest BCUT2D eigenvalue weighted by molar-refractivity contribution is 5.79. The molecule has 1 atom stereocenters. The molecule has 0 unspecified atom stereocenters.